The van der Waals surface area contributed by atoms with Gasteiger partial charge in [-0.05, 0) is 62.1 Å². The maximum atomic E-state index is 12.7. The molecule has 2 aromatic carbocycles. The number of carbonyl (C=O) groups excluding carboxylic acids is 1. The second-order valence-electron chi connectivity index (χ2n) is 7.81. The van der Waals surface area contributed by atoms with Crippen LogP contribution in [0.1, 0.15) is 35.7 Å². The zero-order valence-corrected chi connectivity index (χ0v) is 16.8. The van der Waals surface area contributed by atoms with Gasteiger partial charge in [0, 0.05) is 26.1 Å². The molecule has 5 nitrogen and oxygen atoms in total. The second kappa shape index (κ2) is 7.66. The van der Waals surface area contributed by atoms with Crippen LogP contribution in [0.15, 0.2) is 42.5 Å². The summed E-state index contributed by atoms with van der Waals surface area (Å²) >= 11 is 0. The topological polar surface area (TPSA) is 47.4 Å². The molecule has 0 spiro atoms. The molecule has 1 atom stereocenters. The Morgan fingerprint density at radius 1 is 1.18 bits per heavy atom. The summed E-state index contributed by atoms with van der Waals surface area (Å²) in [4.78, 5) is 19.5. The smallest absolute Gasteiger partial charge is 0.260 e. The second-order valence-corrected chi connectivity index (χ2v) is 7.81. The van der Waals surface area contributed by atoms with Crippen molar-refractivity contribution in [2.75, 3.05) is 19.7 Å². The van der Waals surface area contributed by atoms with Crippen LogP contribution in [0, 0.1) is 13.8 Å². The van der Waals surface area contributed by atoms with Gasteiger partial charge in [0.1, 0.15) is 11.6 Å². The van der Waals surface area contributed by atoms with Gasteiger partial charge in [0.2, 0.25) is 0 Å². The molecule has 0 radical (unpaired) electrons. The van der Waals surface area contributed by atoms with Crippen molar-refractivity contribution in [2.24, 2.45) is 7.05 Å². The Bertz CT molecular complexity index is 988. The number of fused-ring (bicyclic) bond motifs is 1. The molecular formula is C23H27N3O2. The molecule has 1 amide bonds. The minimum absolute atomic E-state index is 0.0441. The highest BCUT2D eigenvalue weighted by Crippen LogP contribution is 2.28. The first-order chi connectivity index (χ1) is 13.5. The van der Waals surface area contributed by atoms with Gasteiger partial charge in [0.05, 0.1) is 11.0 Å². The number of ether oxygens (including phenoxy) is 1. The lowest BCUT2D eigenvalue weighted by Gasteiger charge is -2.32. The molecule has 3 aromatic rings. The lowest BCUT2D eigenvalue weighted by molar-refractivity contribution is -0.134. The van der Waals surface area contributed by atoms with Crippen LogP contribution >= 0.6 is 0 Å². The van der Waals surface area contributed by atoms with E-state index in [0.717, 1.165) is 53.1 Å². The van der Waals surface area contributed by atoms with E-state index in [0.29, 0.717) is 6.54 Å². The molecule has 0 saturated carbocycles. The average Bonchev–Trinajstić information content (AvgIpc) is 3.02. The Kier molecular flexibility index (Phi) is 5.07. The van der Waals surface area contributed by atoms with Crippen LogP contribution in [0.2, 0.25) is 0 Å². The van der Waals surface area contributed by atoms with E-state index in [2.05, 4.69) is 23.7 Å². The van der Waals surface area contributed by atoms with Crippen molar-refractivity contribution in [3.8, 4) is 5.75 Å². The van der Waals surface area contributed by atoms with E-state index in [4.69, 9.17) is 9.72 Å². The Labute approximate surface area is 165 Å². The number of aryl methyl sites for hydroxylation is 3. The van der Waals surface area contributed by atoms with Gasteiger partial charge < -0.3 is 14.2 Å². The van der Waals surface area contributed by atoms with Gasteiger partial charge in [0.15, 0.2) is 6.61 Å². The Balaban J connectivity index is 1.44. The van der Waals surface area contributed by atoms with Crippen LogP contribution in [-0.4, -0.2) is 40.1 Å². The molecule has 146 valence electrons. The molecule has 4 rings (SSSR count). The number of benzene rings is 2. The third kappa shape index (κ3) is 3.75. The maximum absolute atomic E-state index is 12.7. The molecule has 1 aliphatic heterocycles. The van der Waals surface area contributed by atoms with E-state index >= 15 is 0 Å². The first-order valence-electron chi connectivity index (χ1n) is 9.91. The Morgan fingerprint density at radius 3 is 2.68 bits per heavy atom. The third-order valence-electron chi connectivity index (χ3n) is 5.52. The number of hydrogen-bond donors (Lipinski definition) is 0. The predicted molar refractivity (Wildman–Crippen MR) is 111 cm³/mol. The zero-order valence-electron chi connectivity index (χ0n) is 16.8. The van der Waals surface area contributed by atoms with Crippen LogP contribution in [0.4, 0.5) is 0 Å². The third-order valence-corrected chi connectivity index (χ3v) is 5.52. The summed E-state index contributed by atoms with van der Waals surface area (Å²) in [6, 6.07) is 14.2. The fraction of sp³-hybridized carbons (Fsp3) is 0.391. The fourth-order valence-electron chi connectivity index (χ4n) is 4.20. The van der Waals surface area contributed by atoms with E-state index in [-0.39, 0.29) is 18.4 Å². The van der Waals surface area contributed by atoms with Gasteiger partial charge in [0.25, 0.3) is 5.91 Å². The molecule has 28 heavy (non-hydrogen) atoms. The minimum Gasteiger partial charge on any atom is -0.484 e. The summed E-state index contributed by atoms with van der Waals surface area (Å²) in [6.07, 6.45) is 2.04. The maximum Gasteiger partial charge on any atom is 0.260 e. The minimum atomic E-state index is 0.0441. The SMILES string of the molecule is Cc1cc(C)cc(OCC(=O)N2CCCC(c3nc4ccccc4n3C)C2)c1. The van der Waals surface area contributed by atoms with Crippen molar-refractivity contribution < 1.29 is 9.53 Å². The van der Waals surface area contributed by atoms with Crippen LogP contribution in [-0.2, 0) is 11.8 Å². The van der Waals surface area contributed by atoms with E-state index in [1.165, 1.54) is 0 Å². The molecule has 1 saturated heterocycles. The summed E-state index contributed by atoms with van der Waals surface area (Å²) in [5.41, 5.74) is 4.44. The molecular weight excluding hydrogens is 350 g/mol. The number of aromatic nitrogens is 2. The highest BCUT2D eigenvalue weighted by Gasteiger charge is 2.28. The molecule has 0 N–H and O–H groups in total. The highest BCUT2D eigenvalue weighted by atomic mass is 16.5. The fourth-order valence-corrected chi connectivity index (χ4v) is 4.20. The summed E-state index contributed by atoms with van der Waals surface area (Å²) in [7, 11) is 2.06. The van der Waals surface area contributed by atoms with Crippen LogP contribution in [0.25, 0.3) is 11.0 Å². The van der Waals surface area contributed by atoms with Crippen molar-refractivity contribution >= 4 is 16.9 Å². The number of piperidine rings is 1. The normalized spacial score (nSPS) is 17.1. The summed E-state index contributed by atoms with van der Waals surface area (Å²) < 4.78 is 7.95. The van der Waals surface area contributed by atoms with Gasteiger partial charge in [-0.3, -0.25) is 4.79 Å². The molecule has 0 aliphatic carbocycles. The number of carbonyl (C=O) groups is 1. The van der Waals surface area contributed by atoms with Crippen LogP contribution in [0.3, 0.4) is 0 Å². The van der Waals surface area contributed by atoms with Crippen molar-refractivity contribution in [1.29, 1.82) is 0 Å². The van der Waals surface area contributed by atoms with Crippen LogP contribution in [0.5, 0.6) is 5.75 Å². The molecule has 1 fully saturated rings. The molecule has 0 bridgehead atoms. The van der Waals surface area contributed by atoms with E-state index in [9.17, 15) is 4.79 Å². The molecule has 5 heteroatoms. The number of imidazole rings is 1. The van der Waals surface area contributed by atoms with Gasteiger partial charge in [-0.2, -0.15) is 0 Å². The lowest BCUT2D eigenvalue weighted by atomic mass is 9.97. The number of nitrogens with zero attached hydrogens (tertiary/aromatic N) is 3. The van der Waals surface area contributed by atoms with Crippen molar-refractivity contribution in [3.05, 3.63) is 59.4 Å². The quantitative estimate of drug-likeness (QED) is 0.691. The Hall–Kier alpha value is -2.82. The molecule has 1 aliphatic rings. The monoisotopic (exact) mass is 377 g/mol. The van der Waals surface area contributed by atoms with E-state index in [1.54, 1.807) is 0 Å². The molecule has 2 heterocycles. The summed E-state index contributed by atoms with van der Waals surface area (Å²) in [5, 5.41) is 0. The Morgan fingerprint density at radius 2 is 1.93 bits per heavy atom. The standard InChI is InChI=1S/C23H27N3O2/c1-16-11-17(2)13-19(12-16)28-15-22(27)26-10-6-7-18(14-26)23-24-20-8-4-5-9-21(20)25(23)3/h4-5,8-9,11-13,18H,6-7,10,14-15H2,1-3H3. The van der Waals surface area contributed by atoms with E-state index < -0.39 is 0 Å². The average molecular weight is 377 g/mol. The number of likely N-dealkylation sites (tertiary alicyclic amines) is 1. The first-order valence-corrected chi connectivity index (χ1v) is 9.91. The predicted octanol–water partition coefficient (Wildman–Crippen LogP) is 3.98. The van der Waals surface area contributed by atoms with Crippen molar-refractivity contribution in [2.45, 2.75) is 32.6 Å². The van der Waals surface area contributed by atoms with Gasteiger partial charge in [-0.1, -0.05) is 18.2 Å². The number of amides is 1. The first kappa shape index (κ1) is 18.5. The zero-order chi connectivity index (χ0) is 19.7. The van der Waals surface area contributed by atoms with Crippen molar-refractivity contribution in [3.63, 3.8) is 0 Å². The van der Waals surface area contributed by atoms with Gasteiger partial charge in [-0.25, -0.2) is 4.98 Å². The number of hydrogen-bond acceptors (Lipinski definition) is 3. The lowest BCUT2D eigenvalue weighted by Crippen LogP contribution is -2.42. The van der Waals surface area contributed by atoms with Crippen molar-refractivity contribution in [1.82, 2.24) is 14.5 Å². The van der Waals surface area contributed by atoms with Gasteiger partial charge in [-0.15, -0.1) is 0 Å². The summed E-state index contributed by atoms with van der Waals surface area (Å²) in [5.74, 6) is 2.13. The summed E-state index contributed by atoms with van der Waals surface area (Å²) in [6.45, 7) is 5.64. The number of rotatable bonds is 4. The van der Waals surface area contributed by atoms with E-state index in [1.807, 2.05) is 49.1 Å². The van der Waals surface area contributed by atoms with Crippen LogP contribution < -0.4 is 4.74 Å². The molecule has 1 aromatic heterocycles. The number of para-hydroxylation sites is 2. The largest absolute Gasteiger partial charge is 0.484 e. The highest BCUT2D eigenvalue weighted by molar-refractivity contribution is 5.78. The molecule has 1 unspecified atom stereocenters. The van der Waals surface area contributed by atoms with Gasteiger partial charge >= 0.3 is 0 Å².